The van der Waals surface area contributed by atoms with E-state index in [4.69, 9.17) is 4.74 Å². The van der Waals surface area contributed by atoms with Crippen molar-refractivity contribution in [2.45, 2.75) is 13.3 Å². The van der Waals surface area contributed by atoms with Gasteiger partial charge in [0.05, 0.1) is 36.2 Å². The number of anilines is 2. The first-order valence-electron chi connectivity index (χ1n) is 9.45. The van der Waals surface area contributed by atoms with Crippen LogP contribution in [-0.2, 0) is 4.74 Å². The van der Waals surface area contributed by atoms with Crippen LogP contribution in [-0.4, -0.2) is 65.1 Å². The molecular weight excluding hydrogens is 376 g/mol. The van der Waals surface area contributed by atoms with E-state index in [0.717, 1.165) is 45.8 Å². The SMILES string of the molecule is Cc1ccc([N+](=O)[O-])cc1C(=O)Nc1cnc(NCCCN2CCOCC2)nc1. The molecule has 0 atom stereocenters. The molecule has 29 heavy (non-hydrogen) atoms. The molecule has 1 aromatic heterocycles. The van der Waals surface area contributed by atoms with Crippen molar-refractivity contribution in [3.8, 4) is 0 Å². The normalized spacial score (nSPS) is 14.4. The highest BCUT2D eigenvalue weighted by Crippen LogP contribution is 2.18. The van der Waals surface area contributed by atoms with E-state index in [1.807, 2.05) is 0 Å². The smallest absolute Gasteiger partial charge is 0.270 e. The molecule has 1 saturated heterocycles. The molecule has 2 heterocycles. The molecule has 0 saturated carbocycles. The van der Waals surface area contributed by atoms with Gasteiger partial charge in [-0.25, -0.2) is 9.97 Å². The summed E-state index contributed by atoms with van der Waals surface area (Å²) in [5, 5.41) is 16.7. The first-order chi connectivity index (χ1) is 14.0. The minimum Gasteiger partial charge on any atom is -0.379 e. The lowest BCUT2D eigenvalue weighted by Crippen LogP contribution is -2.37. The van der Waals surface area contributed by atoms with E-state index in [1.54, 1.807) is 13.0 Å². The van der Waals surface area contributed by atoms with Gasteiger partial charge in [0, 0.05) is 37.3 Å². The Bertz CT molecular complexity index is 852. The van der Waals surface area contributed by atoms with E-state index in [0.29, 0.717) is 17.2 Å². The van der Waals surface area contributed by atoms with E-state index < -0.39 is 10.8 Å². The molecule has 2 N–H and O–H groups in total. The molecular formula is C19H24N6O4. The van der Waals surface area contributed by atoms with Crippen molar-refractivity contribution in [1.82, 2.24) is 14.9 Å². The first-order valence-corrected chi connectivity index (χ1v) is 9.45. The van der Waals surface area contributed by atoms with Crippen LogP contribution in [0.4, 0.5) is 17.3 Å². The van der Waals surface area contributed by atoms with E-state index >= 15 is 0 Å². The Labute approximate surface area is 168 Å². The lowest BCUT2D eigenvalue weighted by Gasteiger charge is -2.26. The van der Waals surface area contributed by atoms with Crippen LogP contribution in [0.15, 0.2) is 30.6 Å². The number of nitro benzene ring substituents is 1. The number of hydrogen-bond donors (Lipinski definition) is 2. The number of carbonyl (C=O) groups is 1. The minimum absolute atomic E-state index is 0.131. The molecule has 0 bridgehead atoms. The monoisotopic (exact) mass is 400 g/mol. The van der Waals surface area contributed by atoms with E-state index in [2.05, 4.69) is 25.5 Å². The average Bonchev–Trinajstić information content (AvgIpc) is 2.73. The van der Waals surface area contributed by atoms with Crippen LogP contribution in [0.1, 0.15) is 22.3 Å². The molecule has 1 aliphatic rings. The number of morpholine rings is 1. The number of hydrogen-bond acceptors (Lipinski definition) is 8. The third kappa shape index (κ3) is 5.93. The zero-order chi connectivity index (χ0) is 20.6. The Balaban J connectivity index is 1.49. The van der Waals surface area contributed by atoms with Crippen LogP contribution in [0, 0.1) is 17.0 Å². The maximum absolute atomic E-state index is 12.4. The van der Waals surface area contributed by atoms with Crippen LogP contribution >= 0.6 is 0 Å². The second kappa shape index (κ2) is 9.89. The molecule has 1 fully saturated rings. The summed E-state index contributed by atoms with van der Waals surface area (Å²) in [5.74, 6) is 0.0394. The maximum atomic E-state index is 12.4. The van der Waals surface area contributed by atoms with Gasteiger partial charge in [0.15, 0.2) is 0 Å². The Hall–Kier alpha value is -3.11. The minimum atomic E-state index is -0.529. The summed E-state index contributed by atoms with van der Waals surface area (Å²) < 4.78 is 5.33. The highest BCUT2D eigenvalue weighted by atomic mass is 16.6. The Morgan fingerprint density at radius 3 is 2.69 bits per heavy atom. The molecule has 3 rings (SSSR count). The number of non-ortho nitro benzene ring substituents is 1. The highest BCUT2D eigenvalue weighted by Gasteiger charge is 2.15. The fraction of sp³-hybridized carbons (Fsp3) is 0.421. The molecule has 0 unspecified atom stereocenters. The molecule has 0 spiro atoms. The van der Waals surface area contributed by atoms with Gasteiger partial charge in [-0.1, -0.05) is 6.07 Å². The Kier molecular flexibility index (Phi) is 7.04. The molecule has 0 radical (unpaired) electrons. The second-order valence-corrected chi connectivity index (χ2v) is 6.74. The quantitative estimate of drug-likeness (QED) is 0.392. The number of aryl methyl sites for hydroxylation is 1. The standard InChI is InChI=1S/C19H24N6O4/c1-14-3-4-16(25(27)28)11-17(14)18(26)23-15-12-21-19(22-13-15)20-5-2-6-24-7-9-29-10-8-24/h3-4,11-13H,2,5-10H2,1H3,(H,23,26)(H,20,21,22). The molecule has 10 nitrogen and oxygen atoms in total. The number of nitro groups is 1. The topological polar surface area (TPSA) is 123 Å². The zero-order valence-corrected chi connectivity index (χ0v) is 16.3. The first kappa shape index (κ1) is 20.6. The fourth-order valence-corrected chi connectivity index (χ4v) is 2.98. The zero-order valence-electron chi connectivity index (χ0n) is 16.3. The summed E-state index contributed by atoms with van der Waals surface area (Å²) in [4.78, 5) is 33.6. The van der Waals surface area contributed by atoms with Crippen LogP contribution < -0.4 is 10.6 Å². The van der Waals surface area contributed by atoms with Gasteiger partial charge in [-0.3, -0.25) is 19.8 Å². The fourth-order valence-electron chi connectivity index (χ4n) is 2.98. The van der Waals surface area contributed by atoms with Gasteiger partial charge in [-0.2, -0.15) is 0 Å². The van der Waals surface area contributed by atoms with Gasteiger partial charge < -0.3 is 15.4 Å². The largest absolute Gasteiger partial charge is 0.379 e. The van der Waals surface area contributed by atoms with Crippen LogP contribution in [0.5, 0.6) is 0 Å². The van der Waals surface area contributed by atoms with Crippen molar-refractivity contribution in [3.05, 3.63) is 51.8 Å². The summed E-state index contributed by atoms with van der Waals surface area (Å²) in [6.07, 6.45) is 3.97. The van der Waals surface area contributed by atoms with Gasteiger partial charge >= 0.3 is 0 Å². The van der Waals surface area contributed by atoms with Crippen LogP contribution in [0.2, 0.25) is 0 Å². The number of amides is 1. The summed E-state index contributed by atoms with van der Waals surface area (Å²) in [6, 6.07) is 4.18. The van der Waals surface area contributed by atoms with Crippen LogP contribution in [0.3, 0.4) is 0 Å². The van der Waals surface area contributed by atoms with Crippen molar-refractivity contribution in [1.29, 1.82) is 0 Å². The number of nitrogens with zero attached hydrogens (tertiary/aromatic N) is 4. The van der Waals surface area contributed by atoms with E-state index in [9.17, 15) is 14.9 Å². The summed E-state index contributed by atoms with van der Waals surface area (Å²) in [7, 11) is 0. The summed E-state index contributed by atoms with van der Waals surface area (Å²) >= 11 is 0. The van der Waals surface area contributed by atoms with Gasteiger partial charge in [0.2, 0.25) is 5.95 Å². The number of aromatic nitrogens is 2. The lowest BCUT2D eigenvalue weighted by molar-refractivity contribution is -0.384. The predicted molar refractivity (Wildman–Crippen MR) is 108 cm³/mol. The number of carbonyl (C=O) groups excluding carboxylic acids is 1. The molecule has 1 aliphatic heterocycles. The van der Waals surface area contributed by atoms with Gasteiger partial charge in [-0.05, 0) is 25.5 Å². The van der Waals surface area contributed by atoms with Crippen molar-refractivity contribution >= 4 is 23.2 Å². The molecule has 10 heteroatoms. The predicted octanol–water partition coefficient (Wildman–Crippen LogP) is 2.08. The molecule has 0 aliphatic carbocycles. The third-order valence-electron chi connectivity index (χ3n) is 4.62. The molecule has 154 valence electrons. The number of rotatable bonds is 8. The third-order valence-corrected chi connectivity index (χ3v) is 4.62. The van der Waals surface area contributed by atoms with Crippen molar-refractivity contribution < 1.29 is 14.5 Å². The van der Waals surface area contributed by atoms with E-state index in [1.165, 1.54) is 24.5 Å². The average molecular weight is 400 g/mol. The van der Waals surface area contributed by atoms with E-state index in [-0.39, 0.29) is 11.3 Å². The molecule has 1 amide bonds. The Morgan fingerprint density at radius 1 is 1.28 bits per heavy atom. The molecule has 1 aromatic carbocycles. The van der Waals surface area contributed by atoms with Gasteiger partial charge in [0.1, 0.15) is 0 Å². The summed E-state index contributed by atoms with van der Waals surface area (Å²) in [5.41, 5.74) is 1.17. The van der Waals surface area contributed by atoms with Crippen LogP contribution in [0.25, 0.3) is 0 Å². The highest BCUT2D eigenvalue weighted by molar-refractivity contribution is 6.05. The van der Waals surface area contributed by atoms with Gasteiger partial charge in [0.25, 0.3) is 11.6 Å². The number of benzene rings is 1. The van der Waals surface area contributed by atoms with Crippen molar-refractivity contribution in [2.24, 2.45) is 0 Å². The maximum Gasteiger partial charge on any atom is 0.270 e. The summed E-state index contributed by atoms with van der Waals surface area (Å²) in [6.45, 7) is 6.98. The Morgan fingerprint density at radius 2 is 2.00 bits per heavy atom. The second-order valence-electron chi connectivity index (χ2n) is 6.74. The number of nitrogens with one attached hydrogen (secondary N) is 2. The molecule has 2 aromatic rings. The van der Waals surface area contributed by atoms with Crippen molar-refractivity contribution in [2.75, 3.05) is 50.0 Å². The van der Waals surface area contributed by atoms with Crippen molar-refractivity contribution in [3.63, 3.8) is 0 Å². The lowest BCUT2D eigenvalue weighted by atomic mass is 10.1. The van der Waals surface area contributed by atoms with Gasteiger partial charge in [-0.15, -0.1) is 0 Å². The number of ether oxygens (including phenoxy) is 1.